The van der Waals surface area contributed by atoms with Crippen molar-refractivity contribution in [2.45, 2.75) is 18.4 Å². The second-order valence-electron chi connectivity index (χ2n) is 3.57. The zero-order valence-corrected chi connectivity index (χ0v) is 9.82. The highest BCUT2D eigenvalue weighted by Gasteiger charge is 2.44. The first-order valence-electron chi connectivity index (χ1n) is 4.23. The average molecular weight is 262 g/mol. The van der Waals surface area contributed by atoms with Gasteiger partial charge in [-0.2, -0.15) is 0 Å². The van der Waals surface area contributed by atoms with Crippen LogP contribution in [0.3, 0.4) is 0 Å². The highest BCUT2D eigenvalue weighted by atomic mass is 79.9. The summed E-state index contributed by atoms with van der Waals surface area (Å²) in [7, 11) is 0. The topological polar surface area (TPSA) is 35.2 Å². The molecule has 4 heteroatoms. The van der Waals surface area contributed by atoms with Gasteiger partial charge in [0.15, 0.2) is 0 Å². The van der Waals surface area contributed by atoms with Crippen LogP contribution in [0.5, 0.6) is 0 Å². The molecule has 1 atom stereocenters. The summed E-state index contributed by atoms with van der Waals surface area (Å²) in [5.41, 5.74) is 6.07. The van der Waals surface area contributed by atoms with Crippen LogP contribution in [0.1, 0.15) is 11.8 Å². The zero-order valence-electron chi connectivity index (χ0n) is 7.42. The van der Waals surface area contributed by atoms with Gasteiger partial charge in [-0.1, -0.05) is 0 Å². The van der Waals surface area contributed by atoms with E-state index >= 15 is 0 Å². The molecule has 0 amide bonds. The van der Waals surface area contributed by atoms with E-state index in [9.17, 15) is 0 Å². The van der Waals surface area contributed by atoms with Crippen LogP contribution in [-0.4, -0.2) is 19.3 Å². The molecule has 2 N–H and O–H groups in total. The number of rotatable bonds is 2. The number of hydrogen-bond donors (Lipinski definition) is 1. The van der Waals surface area contributed by atoms with Crippen LogP contribution in [0.15, 0.2) is 15.9 Å². The minimum absolute atomic E-state index is 0.0800. The molecule has 13 heavy (non-hydrogen) atoms. The van der Waals surface area contributed by atoms with Crippen LogP contribution in [0.4, 0.5) is 0 Å². The fourth-order valence-corrected chi connectivity index (χ4v) is 3.23. The van der Waals surface area contributed by atoms with Crippen molar-refractivity contribution in [3.05, 3.63) is 20.8 Å². The Kier molecular flexibility index (Phi) is 2.49. The molecule has 1 fully saturated rings. The quantitative estimate of drug-likeness (QED) is 0.886. The van der Waals surface area contributed by atoms with Gasteiger partial charge in [-0.25, -0.2) is 0 Å². The molecule has 1 aromatic heterocycles. The number of hydrogen-bond acceptors (Lipinski definition) is 3. The molecule has 0 aromatic carbocycles. The van der Waals surface area contributed by atoms with Crippen LogP contribution in [0.25, 0.3) is 0 Å². The van der Waals surface area contributed by atoms with Gasteiger partial charge in [-0.05, 0) is 28.9 Å². The molecule has 1 unspecified atom stereocenters. The fraction of sp³-hybridized carbons (Fsp3) is 0.556. The van der Waals surface area contributed by atoms with Crippen molar-refractivity contribution in [2.24, 2.45) is 5.73 Å². The second-order valence-corrected chi connectivity index (χ2v) is 5.39. The monoisotopic (exact) mass is 261 g/mol. The maximum absolute atomic E-state index is 5.99. The summed E-state index contributed by atoms with van der Waals surface area (Å²) in [5.74, 6) is 0. The first-order chi connectivity index (χ1) is 6.15. The summed E-state index contributed by atoms with van der Waals surface area (Å²) in [6, 6.07) is 2.31. The van der Waals surface area contributed by atoms with E-state index in [1.807, 2.05) is 0 Å². The lowest BCUT2D eigenvalue weighted by molar-refractivity contribution is -0.0683. The molecule has 2 heterocycles. The Balaban J connectivity index is 2.31. The molecule has 0 bridgehead atoms. The van der Waals surface area contributed by atoms with E-state index in [-0.39, 0.29) is 11.5 Å². The van der Waals surface area contributed by atoms with Gasteiger partial charge >= 0.3 is 0 Å². The molecule has 1 aliphatic rings. The third-order valence-corrected chi connectivity index (χ3v) is 4.56. The summed E-state index contributed by atoms with van der Waals surface area (Å²) >= 11 is 5.21. The van der Waals surface area contributed by atoms with E-state index < -0.39 is 0 Å². The molecule has 0 aliphatic carbocycles. The third kappa shape index (κ3) is 1.46. The Hall–Kier alpha value is 0.1000. The second kappa shape index (κ2) is 3.35. The van der Waals surface area contributed by atoms with Crippen molar-refractivity contribution in [1.82, 2.24) is 0 Å². The van der Waals surface area contributed by atoms with Crippen LogP contribution in [0, 0.1) is 0 Å². The molecule has 0 saturated carbocycles. The van der Waals surface area contributed by atoms with Crippen LogP contribution in [0.2, 0.25) is 0 Å². The van der Waals surface area contributed by atoms with Gasteiger partial charge in [-0.3, -0.25) is 0 Å². The predicted molar refractivity (Wildman–Crippen MR) is 58.2 cm³/mol. The number of thiophene rings is 1. The molecule has 2 nitrogen and oxygen atoms in total. The predicted octanol–water partition coefficient (Wildman–Crippen LogP) is 2.13. The van der Waals surface area contributed by atoms with Gasteiger partial charge in [0.05, 0.1) is 18.6 Å². The highest BCUT2D eigenvalue weighted by Crippen LogP contribution is 2.39. The summed E-state index contributed by atoms with van der Waals surface area (Å²) in [6.07, 6.45) is 0. The van der Waals surface area contributed by atoms with Crippen molar-refractivity contribution in [1.29, 1.82) is 0 Å². The van der Waals surface area contributed by atoms with E-state index in [0.717, 1.165) is 17.7 Å². The molecule has 1 saturated heterocycles. The Morgan fingerprint density at radius 3 is 2.69 bits per heavy atom. The fourth-order valence-electron chi connectivity index (χ4n) is 1.53. The first-order valence-corrected chi connectivity index (χ1v) is 5.90. The lowest BCUT2D eigenvalue weighted by Gasteiger charge is -2.43. The Morgan fingerprint density at radius 2 is 2.38 bits per heavy atom. The summed E-state index contributed by atoms with van der Waals surface area (Å²) in [5, 5.41) is 2.10. The van der Waals surface area contributed by atoms with Gasteiger partial charge < -0.3 is 10.5 Å². The molecule has 1 aliphatic heterocycles. The molecule has 0 spiro atoms. The van der Waals surface area contributed by atoms with Crippen LogP contribution >= 0.6 is 27.3 Å². The lowest BCUT2D eigenvalue weighted by atomic mass is 9.78. The van der Waals surface area contributed by atoms with E-state index in [4.69, 9.17) is 10.5 Å². The standard InChI is InChI=1S/C9H12BrNOS/c1-6(11)9(4-12-5-9)8-2-7(10)3-13-8/h2-3,6H,4-5,11H2,1H3. The Labute approximate surface area is 90.2 Å². The average Bonchev–Trinajstić information content (AvgIpc) is 2.32. The van der Waals surface area contributed by atoms with Crippen molar-refractivity contribution >= 4 is 27.3 Å². The van der Waals surface area contributed by atoms with Crippen LogP contribution in [-0.2, 0) is 10.2 Å². The van der Waals surface area contributed by atoms with Crippen molar-refractivity contribution in [3.63, 3.8) is 0 Å². The Bertz CT molecular complexity index is 306. The third-order valence-electron chi connectivity index (χ3n) is 2.65. The molecular weight excluding hydrogens is 250 g/mol. The SMILES string of the molecule is CC(N)C1(c2cc(Br)cs2)COC1. The maximum Gasteiger partial charge on any atom is 0.0662 e. The molecular formula is C9H12BrNOS. The van der Waals surface area contributed by atoms with E-state index in [2.05, 4.69) is 34.3 Å². The van der Waals surface area contributed by atoms with Crippen molar-refractivity contribution < 1.29 is 4.74 Å². The largest absolute Gasteiger partial charge is 0.379 e. The maximum atomic E-state index is 5.99. The van der Waals surface area contributed by atoms with Crippen LogP contribution < -0.4 is 5.73 Å². The number of ether oxygens (including phenoxy) is 1. The zero-order chi connectivity index (χ0) is 9.47. The minimum atomic E-state index is 0.0800. The van der Waals surface area contributed by atoms with Crippen molar-refractivity contribution in [3.8, 4) is 0 Å². The van der Waals surface area contributed by atoms with E-state index in [1.165, 1.54) is 4.88 Å². The van der Waals surface area contributed by atoms with E-state index in [0.29, 0.717) is 0 Å². The molecule has 72 valence electrons. The van der Waals surface area contributed by atoms with Gasteiger partial charge in [0.2, 0.25) is 0 Å². The summed E-state index contributed by atoms with van der Waals surface area (Å²) in [4.78, 5) is 1.33. The molecule has 2 rings (SSSR count). The van der Waals surface area contributed by atoms with Gasteiger partial charge in [0.25, 0.3) is 0 Å². The summed E-state index contributed by atoms with van der Waals surface area (Å²) < 4.78 is 6.41. The van der Waals surface area contributed by atoms with E-state index in [1.54, 1.807) is 11.3 Å². The molecule has 1 aromatic rings. The smallest absolute Gasteiger partial charge is 0.0662 e. The lowest BCUT2D eigenvalue weighted by Crippen LogP contribution is -2.57. The van der Waals surface area contributed by atoms with Gasteiger partial charge in [0.1, 0.15) is 0 Å². The first kappa shape index (κ1) is 9.65. The number of halogens is 1. The van der Waals surface area contributed by atoms with Crippen molar-refractivity contribution in [2.75, 3.05) is 13.2 Å². The normalized spacial score (nSPS) is 22.4. The highest BCUT2D eigenvalue weighted by molar-refractivity contribution is 9.10. The minimum Gasteiger partial charge on any atom is -0.379 e. The number of nitrogens with two attached hydrogens (primary N) is 1. The summed E-state index contributed by atoms with van der Waals surface area (Å²) in [6.45, 7) is 3.57. The molecule has 0 radical (unpaired) electrons. The van der Waals surface area contributed by atoms with Gasteiger partial charge in [-0.15, -0.1) is 11.3 Å². The Morgan fingerprint density at radius 1 is 1.69 bits per heavy atom. The van der Waals surface area contributed by atoms with Gasteiger partial charge in [0, 0.05) is 20.8 Å².